The lowest BCUT2D eigenvalue weighted by molar-refractivity contribution is -0.384. The number of fused-ring (bicyclic) bond motifs is 1. The van der Waals surface area contributed by atoms with E-state index in [0.717, 1.165) is 36.0 Å². The number of hydrogen-bond donors (Lipinski definition) is 2. The second-order valence-electron chi connectivity index (χ2n) is 19.3. The maximum absolute atomic E-state index is 14.8. The summed E-state index contributed by atoms with van der Waals surface area (Å²) in [6, 6.07) is 28.6. The van der Waals surface area contributed by atoms with Crippen molar-refractivity contribution < 1.29 is 47.1 Å². The fourth-order valence-corrected chi connectivity index (χ4v) is 10.2. The summed E-state index contributed by atoms with van der Waals surface area (Å²) >= 11 is 0. The first-order valence-electron chi connectivity index (χ1n) is 26.1. The third-order valence-corrected chi connectivity index (χ3v) is 14.2. The molecular weight excluding hydrogens is 952 g/mol. The Morgan fingerprint density at radius 2 is 1.48 bits per heavy atom. The molecule has 1 fully saturated rings. The van der Waals surface area contributed by atoms with Crippen LogP contribution in [0.1, 0.15) is 141 Å². The Hall–Kier alpha value is -5.28. The number of hydrogen-bond acceptors (Lipinski definition) is 15. The zero-order chi connectivity index (χ0) is 51.9. The predicted octanol–water partition coefficient (Wildman–Crippen LogP) is 12.6. The minimum absolute atomic E-state index is 0.00905. The molecule has 0 bridgehead atoms. The summed E-state index contributed by atoms with van der Waals surface area (Å²) < 4.78 is 59.2. The highest BCUT2D eigenvalue weighted by Gasteiger charge is 2.55. The smallest absolute Gasteiger partial charge is 0.404 e. The molecule has 1 aliphatic rings. The quantitative estimate of drug-likeness (QED) is 0.0127. The zero-order valence-corrected chi connectivity index (χ0v) is 43.7. The first-order chi connectivity index (χ1) is 35.3. The second-order valence-corrected chi connectivity index (χ2v) is 20.9. The fourth-order valence-electron chi connectivity index (χ4n) is 8.93. The normalized spacial score (nSPS) is 18.1. The van der Waals surface area contributed by atoms with Crippen molar-refractivity contribution in [2.24, 2.45) is 0 Å². The summed E-state index contributed by atoms with van der Waals surface area (Å²) in [6.45, 7) is 5.20. The van der Waals surface area contributed by atoms with E-state index in [1.165, 1.54) is 132 Å². The van der Waals surface area contributed by atoms with Gasteiger partial charge >= 0.3 is 7.82 Å². The van der Waals surface area contributed by atoms with Crippen molar-refractivity contribution in [2.75, 3.05) is 32.2 Å². The summed E-state index contributed by atoms with van der Waals surface area (Å²) in [4.78, 5) is 14.9. The number of rotatable bonds is 35. The summed E-state index contributed by atoms with van der Waals surface area (Å²) in [5.41, 5.74) is 7.78. The number of benzene rings is 3. The number of unbranched alkanes of at least 4 members (excludes halogenated alkanes) is 15. The topological polar surface area (TPSA) is 225 Å². The van der Waals surface area contributed by atoms with E-state index in [1.807, 2.05) is 54.6 Å². The number of anilines is 1. The van der Waals surface area contributed by atoms with Gasteiger partial charge in [-0.1, -0.05) is 158 Å². The van der Waals surface area contributed by atoms with E-state index in [9.17, 15) is 25.0 Å². The van der Waals surface area contributed by atoms with Crippen LogP contribution in [-0.4, -0.2) is 75.2 Å². The number of ether oxygens (including phenoxy) is 4. The number of nitrogen functional groups attached to an aromatic ring is 1. The predicted molar refractivity (Wildman–Crippen MR) is 279 cm³/mol. The Kier molecular flexibility index (Phi) is 22.6. The molecule has 1 unspecified atom stereocenters. The minimum atomic E-state index is -4.62. The summed E-state index contributed by atoms with van der Waals surface area (Å²) in [5, 5.41) is 37.4. The first kappa shape index (κ1) is 57.0. The molecule has 0 radical (unpaired) electrons. The Balaban J connectivity index is 1.09. The molecule has 2 aromatic heterocycles. The van der Waals surface area contributed by atoms with Gasteiger partial charge in [0.1, 0.15) is 35.9 Å². The van der Waals surface area contributed by atoms with Crippen LogP contribution >= 0.6 is 7.82 Å². The van der Waals surface area contributed by atoms with E-state index in [4.69, 9.17) is 38.3 Å². The Morgan fingerprint density at radius 3 is 2.08 bits per heavy atom. The molecule has 3 heterocycles. The molecule has 6 rings (SSSR count). The molecule has 0 spiro atoms. The number of nitrogens with zero attached hydrogens (tertiary/aromatic N) is 5. The highest BCUT2D eigenvalue weighted by atomic mass is 31.2. The van der Waals surface area contributed by atoms with Crippen LogP contribution in [0.4, 0.5) is 11.5 Å². The van der Waals surface area contributed by atoms with Crippen LogP contribution in [0.25, 0.3) is 16.6 Å². The van der Waals surface area contributed by atoms with Gasteiger partial charge in [-0.3, -0.25) is 19.2 Å². The maximum atomic E-state index is 14.8. The van der Waals surface area contributed by atoms with E-state index in [2.05, 4.69) is 23.1 Å². The Bertz CT molecular complexity index is 2500. The molecule has 3 aromatic carbocycles. The average Bonchev–Trinajstić information content (AvgIpc) is 3.98. The van der Waals surface area contributed by atoms with Gasteiger partial charge in [-0.25, -0.2) is 14.1 Å². The van der Waals surface area contributed by atoms with Crippen molar-refractivity contribution in [3.8, 4) is 22.9 Å². The molecule has 1 aliphatic heterocycles. The van der Waals surface area contributed by atoms with Gasteiger partial charge in [0, 0.05) is 25.2 Å². The molecule has 3 N–H and O–H groups in total. The van der Waals surface area contributed by atoms with Crippen LogP contribution < -0.4 is 10.3 Å². The third kappa shape index (κ3) is 18.0. The van der Waals surface area contributed by atoms with Crippen LogP contribution in [0.5, 0.6) is 5.75 Å². The fraction of sp³-hybridized carbons (Fsp3) is 0.545. The number of nitrogens with two attached hydrogens (primary N) is 1. The van der Waals surface area contributed by atoms with E-state index in [0.29, 0.717) is 12.1 Å². The molecule has 17 nitrogen and oxygen atoms in total. The van der Waals surface area contributed by atoms with Gasteiger partial charge in [0.05, 0.1) is 43.1 Å². The number of phosphoric acid groups is 1. The molecule has 73 heavy (non-hydrogen) atoms. The minimum Gasteiger partial charge on any atom is -0.404 e. The zero-order valence-electron chi connectivity index (χ0n) is 42.8. The number of nitro benzene ring substituents is 1. The molecule has 5 aromatic rings. The van der Waals surface area contributed by atoms with Crippen molar-refractivity contribution >= 4 is 24.8 Å². The maximum Gasteiger partial charge on any atom is 0.530 e. The van der Waals surface area contributed by atoms with Crippen molar-refractivity contribution in [1.82, 2.24) is 14.6 Å². The number of phosphoric ester groups is 1. The molecule has 0 aliphatic carbocycles. The SMILES string of the molecule is CCCCCCCCCCCCCCCCCCOC[C@H](COP(=O)(OC[C@@H]1C[C@@H](OC(C)(C)O)[C@](C#N)(c2ccc3c(N)ncnn23)O1)Oc1ccc([N+](=O)[O-])cc1)OCc1ccc(-c2ccccc2)cc1. The highest BCUT2D eigenvalue weighted by Crippen LogP contribution is 2.52. The highest BCUT2D eigenvalue weighted by molar-refractivity contribution is 7.48. The summed E-state index contributed by atoms with van der Waals surface area (Å²) in [5.74, 6) is -1.55. The molecule has 0 saturated carbocycles. The number of aromatic nitrogens is 3. The van der Waals surface area contributed by atoms with Crippen LogP contribution in [0.3, 0.4) is 0 Å². The summed E-state index contributed by atoms with van der Waals surface area (Å²) in [6.07, 6.45) is 18.8. The molecular formula is C55H75N6O11P. The lowest BCUT2D eigenvalue weighted by Gasteiger charge is -2.31. The Labute approximate surface area is 430 Å². The first-order valence-corrected chi connectivity index (χ1v) is 27.5. The van der Waals surface area contributed by atoms with E-state index >= 15 is 0 Å². The Morgan fingerprint density at radius 1 is 0.863 bits per heavy atom. The molecule has 0 amide bonds. The lowest BCUT2D eigenvalue weighted by Crippen LogP contribution is -2.43. The second kappa shape index (κ2) is 29.0. The van der Waals surface area contributed by atoms with E-state index in [1.54, 1.807) is 12.1 Å². The van der Waals surface area contributed by atoms with Gasteiger partial charge in [0.15, 0.2) is 11.6 Å². The number of aliphatic hydroxyl groups is 1. The van der Waals surface area contributed by atoms with Crippen LogP contribution in [0.15, 0.2) is 97.3 Å². The molecule has 5 atom stereocenters. The van der Waals surface area contributed by atoms with E-state index in [-0.39, 0.29) is 49.2 Å². The van der Waals surface area contributed by atoms with Gasteiger partial charge in [-0.05, 0) is 61.2 Å². The summed E-state index contributed by atoms with van der Waals surface area (Å²) in [7, 11) is -4.62. The molecule has 396 valence electrons. The molecule has 18 heteroatoms. The van der Waals surface area contributed by atoms with Gasteiger partial charge in [0.2, 0.25) is 5.60 Å². The van der Waals surface area contributed by atoms with Gasteiger partial charge in [-0.2, -0.15) is 10.4 Å². The van der Waals surface area contributed by atoms with Gasteiger partial charge < -0.3 is 34.3 Å². The van der Waals surface area contributed by atoms with Gasteiger partial charge in [0.25, 0.3) is 5.69 Å². The van der Waals surface area contributed by atoms with Crippen molar-refractivity contribution in [3.63, 3.8) is 0 Å². The van der Waals surface area contributed by atoms with Crippen molar-refractivity contribution in [3.05, 3.63) is 119 Å². The largest absolute Gasteiger partial charge is 0.530 e. The van der Waals surface area contributed by atoms with Crippen LogP contribution in [0, 0.1) is 21.4 Å². The third-order valence-electron chi connectivity index (χ3n) is 12.8. The van der Waals surface area contributed by atoms with E-state index < -0.39 is 49.1 Å². The number of non-ortho nitro benzene ring substituents is 1. The number of nitriles is 1. The number of nitro groups is 1. The van der Waals surface area contributed by atoms with Crippen molar-refractivity contribution in [1.29, 1.82) is 5.26 Å². The van der Waals surface area contributed by atoms with Crippen molar-refractivity contribution in [2.45, 2.75) is 166 Å². The standard InChI is InChI=1S/C55H75N6O11P/c1-4-5-6-7-8-9-10-11-12-13-14-15-16-17-18-22-35-66-38-49(67-37-43-25-27-45(28-26-43)44-23-20-19-21-24-44)40-69-73(65,72-47-31-29-46(30-32-47)61(63)64)68-39-48-36-52(71-54(2,3)62)55(41-56,70-48)51-34-33-50-53(57)58-42-59-60(50)51/h19-21,23-34,42,48-49,52,62H,4-18,22,35-40H2,1-3H3,(H2,57,58,59)/t48-,49+,52+,55-,73?/m0/s1. The monoisotopic (exact) mass is 1030 g/mol. The molecule has 1 saturated heterocycles. The van der Waals surface area contributed by atoms with Gasteiger partial charge in [-0.15, -0.1) is 0 Å². The average molecular weight is 1030 g/mol. The van der Waals surface area contributed by atoms with Crippen LogP contribution in [0.2, 0.25) is 0 Å². The van der Waals surface area contributed by atoms with Crippen LogP contribution in [-0.2, 0) is 44.8 Å². The lowest BCUT2D eigenvalue weighted by atomic mass is 9.93.